The van der Waals surface area contributed by atoms with Crippen molar-refractivity contribution in [3.05, 3.63) is 101 Å². The van der Waals surface area contributed by atoms with Gasteiger partial charge in [-0.25, -0.2) is 0 Å². The van der Waals surface area contributed by atoms with Gasteiger partial charge in [0.1, 0.15) is 23.1 Å². The van der Waals surface area contributed by atoms with Crippen molar-refractivity contribution in [3.63, 3.8) is 0 Å². The largest absolute Gasteiger partial charge is 0.457 e. The molecule has 3 aromatic rings. The molecule has 0 bridgehead atoms. The second-order valence-corrected chi connectivity index (χ2v) is 6.43. The van der Waals surface area contributed by atoms with Gasteiger partial charge in [0.25, 0.3) is 0 Å². The number of ketones is 1. The molecule has 0 N–H and O–H groups in total. The summed E-state index contributed by atoms with van der Waals surface area (Å²) in [6.07, 6.45) is 3.64. The van der Waals surface area contributed by atoms with E-state index in [2.05, 4.69) is 6.92 Å². The van der Waals surface area contributed by atoms with Crippen LogP contribution in [0.3, 0.4) is 0 Å². The normalized spacial score (nSPS) is 10.9. The Hall–Kier alpha value is -3.64. The molecule has 0 saturated carbocycles. The average Bonchev–Trinajstić information content (AvgIpc) is 2.74. The summed E-state index contributed by atoms with van der Waals surface area (Å²) in [5.74, 6) is 1.18. The number of hydrogen-bond donors (Lipinski definition) is 0. The van der Waals surface area contributed by atoms with Crippen molar-refractivity contribution in [1.29, 1.82) is 5.26 Å². The molecule has 0 aliphatic rings. The van der Waals surface area contributed by atoms with Gasteiger partial charge in [0, 0.05) is 5.56 Å². The minimum absolute atomic E-state index is 0.111. The monoisotopic (exact) mass is 367 g/mol. The zero-order valence-electron chi connectivity index (χ0n) is 15.8. The van der Waals surface area contributed by atoms with E-state index < -0.39 is 0 Å². The molecule has 0 unspecified atom stereocenters. The molecule has 0 amide bonds. The van der Waals surface area contributed by atoms with E-state index in [1.165, 1.54) is 5.56 Å². The molecule has 0 spiro atoms. The molecule has 3 rings (SSSR count). The Kier molecular flexibility index (Phi) is 6.38. The summed E-state index contributed by atoms with van der Waals surface area (Å²) in [6, 6.07) is 26.3. The van der Waals surface area contributed by atoms with E-state index in [1.54, 1.807) is 18.2 Å². The standard InChI is InChI=1S/C25H21NO2/c1-2-6-19-9-13-21(14-10-19)25(27)22(18-26)17-20-11-15-24(16-12-20)28-23-7-4-3-5-8-23/h3-5,7-17H,2,6H2,1H3. The van der Waals surface area contributed by atoms with Gasteiger partial charge in [-0.2, -0.15) is 5.26 Å². The highest BCUT2D eigenvalue weighted by Gasteiger charge is 2.12. The molecule has 0 aliphatic heterocycles. The molecule has 138 valence electrons. The lowest BCUT2D eigenvalue weighted by Crippen LogP contribution is -2.02. The predicted octanol–water partition coefficient (Wildman–Crippen LogP) is 6.22. The van der Waals surface area contributed by atoms with Gasteiger partial charge in [-0.15, -0.1) is 0 Å². The van der Waals surface area contributed by atoms with Gasteiger partial charge in [-0.3, -0.25) is 4.79 Å². The number of nitrogens with zero attached hydrogens (tertiary/aromatic N) is 1. The highest BCUT2D eigenvalue weighted by Crippen LogP contribution is 2.22. The SMILES string of the molecule is CCCc1ccc(C(=O)C(C#N)=Cc2ccc(Oc3ccccc3)cc2)cc1. The molecular formula is C25H21NO2. The fourth-order valence-electron chi connectivity index (χ4n) is 2.84. The molecule has 0 atom stereocenters. The summed E-state index contributed by atoms with van der Waals surface area (Å²) in [4.78, 5) is 12.6. The van der Waals surface area contributed by atoms with Gasteiger partial charge >= 0.3 is 0 Å². The quantitative estimate of drug-likeness (QED) is 0.283. The number of benzene rings is 3. The Bertz CT molecular complexity index is 995. The van der Waals surface area contributed by atoms with Gasteiger partial charge in [-0.05, 0) is 47.9 Å². The van der Waals surface area contributed by atoms with Crippen LogP contribution in [-0.2, 0) is 6.42 Å². The van der Waals surface area contributed by atoms with Crippen LogP contribution >= 0.6 is 0 Å². The van der Waals surface area contributed by atoms with E-state index in [1.807, 2.05) is 72.8 Å². The highest BCUT2D eigenvalue weighted by atomic mass is 16.5. The fourth-order valence-corrected chi connectivity index (χ4v) is 2.84. The fraction of sp³-hybridized carbons (Fsp3) is 0.120. The van der Waals surface area contributed by atoms with Crippen LogP contribution in [-0.4, -0.2) is 5.78 Å². The zero-order chi connectivity index (χ0) is 19.8. The molecule has 0 fully saturated rings. The van der Waals surface area contributed by atoms with Crippen LogP contribution in [0.4, 0.5) is 0 Å². The molecule has 3 nitrogen and oxygen atoms in total. The molecule has 0 saturated heterocycles. The maximum absolute atomic E-state index is 12.6. The minimum atomic E-state index is -0.268. The molecule has 0 aromatic heterocycles. The summed E-state index contributed by atoms with van der Waals surface area (Å²) >= 11 is 0. The summed E-state index contributed by atoms with van der Waals surface area (Å²) < 4.78 is 5.76. The first-order valence-corrected chi connectivity index (χ1v) is 9.28. The van der Waals surface area contributed by atoms with Crippen LogP contribution in [0.2, 0.25) is 0 Å². The van der Waals surface area contributed by atoms with Gasteiger partial charge in [-0.1, -0.05) is 67.9 Å². The summed E-state index contributed by atoms with van der Waals surface area (Å²) in [7, 11) is 0. The third-order valence-electron chi connectivity index (χ3n) is 4.29. The summed E-state index contributed by atoms with van der Waals surface area (Å²) in [5, 5.41) is 9.44. The highest BCUT2D eigenvalue weighted by molar-refractivity contribution is 6.14. The molecule has 0 heterocycles. The van der Waals surface area contributed by atoms with E-state index in [-0.39, 0.29) is 11.4 Å². The van der Waals surface area contributed by atoms with Gasteiger partial charge < -0.3 is 4.74 Å². The maximum atomic E-state index is 12.6. The van der Waals surface area contributed by atoms with E-state index in [0.717, 1.165) is 24.2 Å². The third-order valence-corrected chi connectivity index (χ3v) is 4.29. The number of aryl methyl sites for hydroxylation is 1. The molecule has 0 radical (unpaired) electrons. The predicted molar refractivity (Wildman–Crippen MR) is 111 cm³/mol. The lowest BCUT2D eigenvalue weighted by Gasteiger charge is -2.06. The molecule has 0 aliphatic carbocycles. The lowest BCUT2D eigenvalue weighted by molar-refractivity contribution is 0.104. The topological polar surface area (TPSA) is 50.1 Å². The number of Topliss-reactive ketones (excluding diaryl/α,β-unsaturated/α-hetero) is 1. The van der Waals surface area contributed by atoms with Crippen molar-refractivity contribution in [3.8, 4) is 17.6 Å². The van der Waals surface area contributed by atoms with Crippen LogP contribution < -0.4 is 4.74 Å². The molecular weight excluding hydrogens is 346 g/mol. The molecule has 3 heteroatoms. The van der Waals surface area contributed by atoms with Crippen LogP contribution in [0, 0.1) is 11.3 Å². The van der Waals surface area contributed by atoms with Gasteiger partial charge in [0.05, 0.1) is 0 Å². The van der Waals surface area contributed by atoms with Gasteiger partial charge in [0.2, 0.25) is 5.78 Å². The number of carbonyl (C=O) groups is 1. The van der Waals surface area contributed by atoms with E-state index in [9.17, 15) is 10.1 Å². The minimum Gasteiger partial charge on any atom is -0.457 e. The second-order valence-electron chi connectivity index (χ2n) is 6.43. The first-order valence-electron chi connectivity index (χ1n) is 9.28. The zero-order valence-corrected chi connectivity index (χ0v) is 15.8. The first kappa shape index (κ1) is 19.1. The Morgan fingerprint density at radius 2 is 1.57 bits per heavy atom. The molecule has 28 heavy (non-hydrogen) atoms. The van der Waals surface area contributed by atoms with Crippen LogP contribution in [0.15, 0.2) is 84.4 Å². The Morgan fingerprint density at radius 1 is 0.929 bits per heavy atom. The van der Waals surface area contributed by atoms with Crippen molar-refractivity contribution in [2.45, 2.75) is 19.8 Å². The van der Waals surface area contributed by atoms with Crippen LogP contribution in [0.1, 0.15) is 34.8 Å². The summed E-state index contributed by atoms with van der Waals surface area (Å²) in [6.45, 7) is 2.12. The number of para-hydroxylation sites is 1. The number of rotatable bonds is 7. The Balaban J connectivity index is 1.74. The average molecular weight is 367 g/mol. The number of ether oxygens (including phenoxy) is 1. The van der Waals surface area contributed by atoms with Crippen LogP contribution in [0.25, 0.3) is 6.08 Å². The first-order chi connectivity index (χ1) is 13.7. The number of allylic oxidation sites excluding steroid dienone is 1. The Labute approximate surface area is 165 Å². The van der Waals surface area contributed by atoms with Crippen molar-refractivity contribution in [2.75, 3.05) is 0 Å². The summed E-state index contributed by atoms with van der Waals surface area (Å²) in [5.41, 5.74) is 2.60. The number of hydrogen-bond acceptors (Lipinski definition) is 3. The lowest BCUT2D eigenvalue weighted by atomic mass is 10.00. The number of carbonyl (C=O) groups excluding carboxylic acids is 1. The Morgan fingerprint density at radius 3 is 2.18 bits per heavy atom. The number of nitriles is 1. The van der Waals surface area contributed by atoms with Crippen molar-refractivity contribution in [1.82, 2.24) is 0 Å². The smallest absolute Gasteiger partial charge is 0.203 e. The van der Waals surface area contributed by atoms with Crippen molar-refractivity contribution >= 4 is 11.9 Å². The van der Waals surface area contributed by atoms with E-state index in [0.29, 0.717) is 11.3 Å². The van der Waals surface area contributed by atoms with Crippen LogP contribution in [0.5, 0.6) is 11.5 Å². The molecule has 3 aromatic carbocycles. The third kappa shape index (κ3) is 4.96. The van der Waals surface area contributed by atoms with Gasteiger partial charge in [0.15, 0.2) is 0 Å². The maximum Gasteiger partial charge on any atom is 0.203 e. The second kappa shape index (κ2) is 9.34. The van der Waals surface area contributed by atoms with E-state index in [4.69, 9.17) is 4.74 Å². The van der Waals surface area contributed by atoms with Crippen molar-refractivity contribution in [2.24, 2.45) is 0 Å². The van der Waals surface area contributed by atoms with E-state index >= 15 is 0 Å². The van der Waals surface area contributed by atoms with Crippen molar-refractivity contribution < 1.29 is 9.53 Å².